The van der Waals surface area contributed by atoms with Crippen molar-refractivity contribution in [3.05, 3.63) is 63.2 Å². The summed E-state index contributed by atoms with van der Waals surface area (Å²) in [7, 11) is 0. The van der Waals surface area contributed by atoms with Gasteiger partial charge in [0.15, 0.2) is 6.79 Å². The third-order valence-corrected chi connectivity index (χ3v) is 3.64. The Labute approximate surface area is 151 Å². The number of fused-ring (bicyclic) bond motifs is 1. The van der Waals surface area contributed by atoms with E-state index in [1.54, 1.807) is 0 Å². The Morgan fingerprint density at radius 1 is 1.30 bits per heavy atom. The number of alkyl halides is 2. The second kappa shape index (κ2) is 7.96. The largest absolute Gasteiger partial charge is 0.467 e. The number of carbonyl (C=O) groups is 1. The highest BCUT2D eigenvalue weighted by Gasteiger charge is 2.22. The lowest BCUT2D eigenvalue weighted by molar-refractivity contribution is -0.385. The molecular weight excluding hydrogens is 368 g/mol. The van der Waals surface area contributed by atoms with E-state index in [0.717, 1.165) is 6.07 Å². The Bertz CT molecular complexity index is 872. The summed E-state index contributed by atoms with van der Waals surface area (Å²) in [6.07, 6.45) is 0. The molecule has 0 unspecified atom stereocenters. The van der Waals surface area contributed by atoms with Crippen molar-refractivity contribution in [3.8, 4) is 11.5 Å². The third kappa shape index (κ3) is 4.47. The monoisotopic (exact) mass is 381 g/mol. The first-order valence-electron chi connectivity index (χ1n) is 7.67. The van der Waals surface area contributed by atoms with Gasteiger partial charge in [0, 0.05) is 23.3 Å². The SMILES string of the molecule is O=C(OCc1cc([N+](=O)[O-])cc2c1OCOC2)c1cccc(OC(F)F)c1. The van der Waals surface area contributed by atoms with E-state index < -0.39 is 17.5 Å². The van der Waals surface area contributed by atoms with Gasteiger partial charge >= 0.3 is 12.6 Å². The van der Waals surface area contributed by atoms with Gasteiger partial charge in [0.25, 0.3) is 5.69 Å². The molecule has 0 N–H and O–H groups in total. The molecule has 8 nitrogen and oxygen atoms in total. The number of non-ortho nitro benzene ring substituents is 1. The minimum absolute atomic E-state index is 0.00306. The highest BCUT2D eigenvalue weighted by molar-refractivity contribution is 5.89. The number of ether oxygens (including phenoxy) is 4. The summed E-state index contributed by atoms with van der Waals surface area (Å²) in [5.41, 5.74) is 0.572. The summed E-state index contributed by atoms with van der Waals surface area (Å²) in [5.74, 6) is -0.635. The number of halogens is 2. The van der Waals surface area contributed by atoms with Crippen LogP contribution < -0.4 is 9.47 Å². The van der Waals surface area contributed by atoms with Crippen LogP contribution in [0.3, 0.4) is 0 Å². The number of nitro groups is 1. The normalized spacial score (nSPS) is 12.9. The molecule has 3 rings (SSSR count). The summed E-state index contributed by atoms with van der Waals surface area (Å²) >= 11 is 0. The predicted molar refractivity (Wildman–Crippen MR) is 85.6 cm³/mol. The minimum atomic E-state index is -3.02. The highest BCUT2D eigenvalue weighted by Crippen LogP contribution is 2.33. The summed E-state index contributed by atoms with van der Waals surface area (Å²) in [5, 5.41) is 11.1. The van der Waals surface area contributed by atoms with Crippen molar-refractivity contribution in [1.82, 2.24) is 0 Å². The summed E-state index contributed by atoms with van der Waals surface area (Å²) < 4.78 is 44.4. The minimum Gasteiger partial charge on any atom is -0.467 e. The van der Waals surface area contributed by atoms with E-state index in [0.29, 0.717) is 16.9 Å². The number of hydrogen-bond acceptors (Lipinski definition) is 7. The Balaban J connectivity index is 1.77. The molecule has 142 valence electrons. The molecule has 1 aliphatic heterocycles. The Kier molecular flexibility index (Phi) is 5.46. The van der Waals surface area contributed by atoms with Gasteiger partial charge < -0.3 is 18.9 Å². The molecule has 1 heterocycles. The molecular formula is C17H13F2NO7. The summed E-state index contributed by atoms with van der Waals surface area (Å²) in [6.45, 7) is -3.22. The molecule has 0 spiro atoms. The van der Waals surface area contributed by atoms with Gasteiger partial charge in [-0.1, -0.05) is 6.07 Å². The van der Waals surface area contributed by atoms with Gasteiger partial charge in [-0.3, -0.25) is 10.1 Å². The molecule has 0 atom stereocenters. The van der Waals surface area contributed by atoms with Crippen LogP contribution in [0.25, 0.3) is 0 Å². The lowest BCUT2D eigenvalue weighted by Crippen LogP contribution is -2.15. The van der Waals surface area contributed by atoms with E-state index in [2.05, 4.69) is 4.74 Å². The van der Waals surface area contributed by atoms with Gasteiger partial charge in [0.2, 0.25) is 0 Å². The zero-order valence-corrected chi connectivity index (χ0v) is 13.7. The average Bonchev–Trinajstić information content (AvgIpc) is 2.65. The smallest absolute Gasteiger partial charge is 0.387 e. The predicted octanol–water partition coefficient (Wildman–Crippen LogP) is 3.42. The molecule has 0 bridgehead atoms. The van der Waals surface area contributed by atoms with Gasteiger partial charge in [-0.15, -0.1) is 0 Å². The van der Waals surface area contributed by atoms with Gasteiger partial charge in [-0.05, 0) is 18.2 Å². The van der Waals surface area contributed by atoms with Crippen molar-refractivity contribution < 1.29 is 37.4 Å². The van der Waals surface area contributed by atoms with Crippen LogP contribution in [0.4, 0.5) is 14.5 Å². The molecule has 0 saturated carbocycles. The molecule has 2 aromatic rings. The molecule has 10 heteroatoms. The van der Waals surface area contributed by atoms with Crippen molar-refractivity contribution in [2.45, 2.75) is 19.8 Å². The molecule has 0 aliphatic carbocycles. The fourth-order valence-electron chi connectivity index (χ4n) is 2.52. The first-order valence-corrected chi connectivity index (χ1v) is 7.67. The first-order chi connectivity index (χ1) is 12.9. The summed E-state index contributed by atoms with van der Waals surface area (Å²) in [4.78, 5) is 22.7. The van der Waals surface area contributed by atoms with Crippen molar-refractivity contribution in [1.29, 1.82) is 0 Å². The average molecular weight is 381 g/mol. The molecule has 0 saturated heterocycles. The molecule has 27 heavy (non-hydrogen) atoms. The maximum Gasteiger partial charge on any atom is 0.387 e. The maximum absolute atomic E-state index is 12.3. The second-order valence-electron chi connectivity index (χ2n) is 5.44. The van der Waals surface area contributed by atoms with E-state index >= 15 is 0 Å². The van der Waals surface area contributed by atoms with Crippen molar-refractivity contribution in [2.24, 2.45) is 0 Å². The van der Waals surface area contributed by atoms with E-state index in [1.807, 2.05) is 0 Å². The van der Waals surface area contributed by atoms with Gasteiger partial charge in [0.1, 0.15) is 18.1 Å². The Morgan fingerprint density at radius 2 is 2.11 bits per heavy atom. The number of nitrogens with zero attached hydrogens (tertiary/aromatic N) is 1. The van der Waals surface area contributed by atoms with E-state index in [1.165, 1.54) is 30.3 Å². The molecule has 0 radical (unpaired) electrons. The molecule has 0 fully saturated rings. The second-order valence-corrected chi connectivity index (χ2v) is 5.44. The van der Waals surface area contributed by atoms with Crippen LogP contribution in [-0.2, 0) is 22.7 Å². The van der Waals surface area contributed by atoms with Crippen molar-refractivity contribution in [2.75, 3.05) is 6.79 Å². The van der Waals surface area contributed by atoms with Crippen LogP contribution in [0, 0.1) is 10.1 Å². The van der Waals surface area contributed by atoms with Crippen molar-refractivity contribution in [3.63, 3.8) is 0 Å². The van der Waals surface area contributed by atoms with Gasteiger partial charge in [-0.2, -0.15) is 8.78 Å². The number of rotatable bonds is 6. The lowest BCUT2D eigenvalue weighted by atomic mass is 10.1. The van der Waals surface area contributed by atoms with Crippen LogP contribution in [0.15, 0.2) is 36.4 Å². The highest BCUT2D eigenvalue weighted by atomic mass is 19.3. The number of esters is 1. The standard InChI is InChI=1S/C17H13F2NO7/c18-17(19)27-14-3-1-2-10(6-14)16(21)25-8-12-5-13(20(22)23)4-11-7-24-9-26-15(11)12/h1-6,17H,7-9H2. The quantitative estimate of drug-likeness (QED) is 0.430. The Hall–Kier alpha value is -3.27. The molecule has 1 aliphatic rings. The zero-order valence-electron chi connectivity index (χ0n) is 13.7. The van der Waals surface area contributed by atoms with Crippen LogP contribution in [0.2, 0.25) is 0 Å². The van der Waals surface area contributed by atoms with Gasteiger partial charge in [-0.25, -0.2) is 4.79 Å². The van der Waals surface area contributed by atoms with Crippen LogP contribution >= 0.6 is 0 Å². The molecule has 0 amide bonds. The third-order valence-electron chi connectivity index (χ3n) is 3.64. The zero-order chi connectivity index (χ0) is 19.4. The fraction of sp³-hybridized carbons (Fsp3) is 0.235. The van der Waals surface area contributed by atoms with Crippen LogP contribution in [-0.4, -0.2) is 24.3 Å². The van der Waals surface area contributed by atoms with E-state index in [4.69, 9.17) is 14.2 Å². The van der Waals surface area contributed by atoms with E-state index in [-0.39, 0.29) is 37.0 Å². The first kappa shape index (κ1) is 18.5. The van der Waals surface area contributed by atoms with Gasteiger partial charge in [0.05, 0.1) is 17.1 Å². The fourth-order valence-corrected chi connectivity index (χ4v) is 2.52. The maximum atomic E-state index is 12.3. The number of carbonyl (C=O) groups excluding carboxylic acids is 1. The van der Waals surface area contributed by atoms with E-state index in [9.17, 15) is 23.7 Å². The Morgan fingerprint density at radius 3 is 2.85 bits per heavy atom. The topological polar surface area (TPSA) is 97.1 Å². The number of nitro benzene ring substituents is 1. The van der Waals surface area contributed by atoms with Crippen LogP contribution in [0.5, 0.6) is 11.5 Å². The summed E-state index contributed by atoms with van der Waals surface area (Å²) in [6, 6.07) is 7.69. The molecule has 0 aromatic heterocycles. The van der Waals surface area contributed by atoms with Crippen molar-refractivity contribution >= 4 is 11.7 Å². The number of hydrogen-bond donors (Lipinski definition) is 0. The lowest BCUT2D eigenvalue weighted by Gasteiger charge is -2.20. The van der Waals surface area contributed by atoms with Crippen LogP contribution in [0.1, 0.15) is 21.5 Å². The molecule has 2 aromatic carbocycles. The number of benzene rings is 2.